The Balaban J connectivity index is 2.00. The predicted molar refractivity (Wildman–Crippen MR) is 65.2 cm³/mol. The molecule has 94 valence electrons. The molecule has 0 saturated heterocycles. The van der Waals surface area contributed by atoms with Crippen LogP contribution in [-0.2, 0) is 12.8 Å². The van der Waals surface area contributed by atoms with Crippen LogP contribution < -0.4 is 5.32 Å². The molecule has 1 heterocycles. The molecule has 1 aliphatic rings. The molecule has 2 aromatic rings. The molecule has 1 unspecified atom stereocenters. The topological polar surface area (TPSA) is 65.1 Å². The number of hydrogen-bond donors (Lipinski definition) is 3. The molecule has 1 aromatic heterocycles. The zero-order valence-electron chi connectivity index (χ0n) is 9.66. The van der Waals surface area contributed by atoms with Crippen LogP contribution in [0.3, 0.4) is 0 Å². The minimum Gasteiger partial charge on any atom is -0.465 e. The fourth-order valence-electron chi connectivity index (χ4n) is 2.69. The molecule has 0 fully saturated rings. The summed E-state index contributed by atoms with van der Waals surface area (Å²) in [6.45, 7) is 0. The third-order valence-electron chi connectivity index (χ3n) is 3.48. The molecule has 0 radical (unpaired) electrons. The highest BCUT2D eigenvalue weighted by Crippen LogP contribution is 2.29. The number of amides is 1. The van der Waals surface area contributed by atoms with E-state index in [4.69, 9.17) is 5.11 Å². The van der Waals surface area contributed by atoms with Gasteiger partial charge in [0, 0.05) is 22.6 Å². The first-order chi connectivity index (χ1) is 8.63. The maximum Gasteiger partial charge on any atom is 0.404 e. The number of carboxylic acid groups (broad SMARTS) is 1. The highest BCUT2D eigenvalue weighted by molar-refractivity contribution is 5.85. The number of benzene rings is 1. The van der Waals surface area contributed by atoms with Crippen LogP contribution in [0.25, 0.3) is 10.9 Å². The van der Waals surface area contributed by atoms with Crippen LogP contribution in [0, 0.1) is 5.82 Å². The van der Waals surface area contributed by atoms with Gasteiger partial charge in [0.2, 0.25) is 0 Å². The van der Waals surface area contributed by atoms with Gasteiger partial charge in [-0.3, -0.25) is 0 Å². The van der Waals surface area contributed by atoms with E-state index < -0.39 is 6.09 Å². The summed E-state index contributed by atoms with van der Waals surface area (Å²) in [6, 6.07) is 4.57. The molecule has 0 spiro atoms. The van der Waals surface area contributed by atoms with Crippen molar-refractivity contribution in [1.29, 1.82) is 0 Å². The fraction of sp³-hybridized carbons (Fsp3) is 0.308. The van der Waals surface area contributed by atoms with Crippen molar-refractivity contribution in [3.05, 3.63) is 35.3 Å². The molecule has 3 N–H and O–H groups in total. The van der Waals surface area contributed by atoms with Crippen molar-refractivity contribution in [3.63, 3.8) is 0 Å². The summed E-state index contributed by atoms with van der Waals surface area (Å²) in [5.74, 6) is -0.266. The van der Waals surface area contributed by atoms with Crippen molar-refractivity contribution in [2.75, 3.05) is 0 Å². The maximum absolute atomic E-state index is 13.3. The lowest BCUT2D eigenvalue weighted by molar-refractivity contribution is 0.188. The second-order valence-electron chi connectivity index (χ2n) is 4.66. The lowest BCUT2D eigenvalue weighted by atomic mass is 9.91. The first kappa shape index (κ1) is 11.1. The van der Waals surface area contributed by atoms with E-state index in [1.165, 1.54) is 12.1 Å². The number of carbonyl (C=O) groups is 1. The standard InChI is InChI=1S/C13H13FN2O2/c14-7-1-3-11-9(5-7)10-6-8(15-13(17)18)2-4-12(10)16-11/h1,3,5,8,15-16H,2,4,6H2,(H,17,18). The highest BCUT2D eigenvalue weighted by Gasteiger charge is 2.23. The molecule has 5 heteroatoms. The molecule has 0 saturated carbocycles. The van der Waals surface area contributed by atoms with Crippen molar-refractivity contribution >= 4 is 17.0 Å². The summed E-state index contributed by atoms with van der Waals surface area (Å²) in [6.07, 6.45) is 1.17. The summed E-state index contributed by atoms with van der Waals surface area (Å²) >= 11 is 0. The van der Waals surface area contributed by atoms with Crippen molar-refractivity contribution in [1.82, 2.24) is 10.3 Å². The van der Waals surface area contributed by atoms with Gasteiger partial charge in [0.05, 0.1) is 0 Å². The first-order valence-electron chi connectivity index (χ1n) is 5.92. The molecule has 1 aliphatic carbocycles. The lowest BCUT2D eigenvalue weighted by Gasteiger charge is -2.22. The third-order valence-corrected chi connectivity index (χ3v) is 3.48. The molecular weight excluding hydrogens is 235 g/mol. The summed E-state index contributed by atoms with van der Waals surface area (Å²) in [5.41, 5.74) is 3.05. The quantitative estimate of drug-likeness (QED) is 0.725. The molecule has 1 aromatic carbocycles. The maximum atomic E-state index is 13.3. The number of aromatic amines is 1. The van der Waals surface area contributed by atoms with Crippen molar-refractivity contribution < 1.29 is 14.3 Å². The van der Waals surface area contributed by atoms with Gasteiger partial charge in [0.25, 0.3) is 0 Å². The van der Waals surface area contributed by atoms with Crippen LogP contribution in [0.15, 0.2) is 18.2 Å². The normalized spacial score (nSPS) is 18.6. The molecule has 0 aliphatic heterocycles. The van der Waals surface area contributed by atoms with Crippen LogP contribution >= 0.6 is 0 Å². The van der Waals surface area contributed by atoms with E-state index in [9.17, 15) is 9.18 Å². The predicted octanol–water partition coefficient (Wildman–Crippen LogP) is 2.43. The molecule has 0 bridgehead atoms. The largest absolute Gasteiger partial charge is 0.465 e. The van der Waals surface area contributed by atoms with Gasteiger partial charge in [-0.2, -0.15) is 0 Å². The third kappa shape index (κ3) is 1.81. The van der Waals surface area contributed by atoms with E-state index in [1.54, 1.807) is 6.07 Å². The van der Waals surface area contributed by atoms with Gasteiger partial charge in [-0.25, -0.2) is 9.18 Å². The monoisotopic (exact) mass is 248 g/mol. The second kappa shape index (κ2) is 4.01. The van der Waals surface area contributed by atoms with Gasteiger partial charge in [-0.1, -0.05) is 0 Å². The van der Waals surface area contributed by atoms with Crippen LogP contribution in [0.4, 0.5) is 9.18 Å². The molecule has 1 amide bonds. The van der Waals surface area contributed by atoms with Crippen LogP contribution in [0.1, 0.15) is 17.7 Å². The highest BCUT2D eigenvalue weighted by atomic mass is 19.1. The van der Waals surface area contributed by atoms with Crippen molar-refractivity contribution in [2.24, 2.45) is 0 Å². The Morgan fingerprint density at radius 3 is 3.11 bits per heavy atom. The van der Waals surface area contributed by atoms with Gasteiger partial charge < -0.3 is 15.4 Å². The Morgan fingerprint density at radius 1 is 1.50 bits per heavy atom. The van der Waals surface area contributed by atoms with Gasteiger partial charge in [0.1, 0.15) is 5.82 Å². The van der Waals surface area contributed by atoms with Crippen molar-refractivity contribution in [3.8, 4) is 0 Å². The Kier molecular flexibility index (Phi) is 2.47. The van der Waals surface area contributed by atoms with Crippen LogP contribution in [-0.4, -0.2) is 22.2 Å². The summed E-state index contributed by atoms with van der Waals surface area (Å²) in [5, 5.41) is 12.1. The van der Waals surface area contributed by atoms with E-state index in [0.717, 1.165) is 35.0 Å². The van der Waals surface area contributed by atoms with Gasteiger partial charge in [-0.15, -0.1) is 0 Å². The smallest absolute Gasteiger partial charge is 0.404 e. The molecule has 18 heavy (non-hydrogen) atoms. The zero-order valence-corrected chi connectivity index (χ0v) is 9.66. The van der Waals surface area contributed by atoms with E-state index in [2.05, 4.69) is 10.3 Å². The summed E-state index contributed by atoms with van der Waals surface area (Å²) < 4.78 is 13.3. The van der Waals surface area contributed by atoms with Gasteiger partial charge >= 0.3 is 6.09 Å². The number of fused-ring (bicyclic) bond motifs is 3. The van der Waals surface area contributed by atoms with E-state index in [-0.39, 0.29) is 11.9 Å². The Labute approximate surface area is 103 Å². The Hall–Kier alpha value is -2.04. The van der Waals surface area contributed by atoms with Gasteiger partial charge in [0.15, 0.2) is 0 Å². The SMILES string of the molecule is O=C(O)NC1CCc2[nH]c3ccc(F)cc3c2C1. The molecule has 1 atom stereocenters. The first-order valence-corrected chi connectivity index (χ1v) is 5.92. The average Bonchev–Trinajstić information content (AvgIpc) is 2.66. The minimum absolute atomic E-state index is 0.0859. The Bertz CT molecular complexity index is 621. The van der Waals surface area contributed by atoms with E-state index in [0.29, 0.717) is 6.42 Å². The summed E-state index contributed by atoms with van der Waals surface area (Å²) in [7, 11) is 0. The average molecular weight is 248 g/mol. The van der Waals surface area contributed by atoms with Crippen LogP contribution in [0.2, 0.25) is 0 Å². The van der Waals surface area contributed by atoms with Gasteiger partial charge in [-0.05, 0) is 43.0 Å². The number of rotatable bonds is 1. The number of aryl methyl sites for hydroxylation is 1. The molecule has 4 nitrogen and oxygen atoms in total. The zero-order chi connectivity index (χ0) is 12.7. The summed E-state index contributed by atoms with van der Waals surface area (Å²) in [4.78, 5) is 13.9. The number of nitrogens with one attached hydrogen (secondary N) is 2. The lowest BCUT2D eigenvalue weighted by Crippen LogP contribution is -2.37. The van der Waals surface area contributed by atoms with E-state index >= 15 is 0 Å². The molecular formula is C13H13FN2O2. The fourth-order valence-corrected chi connectivity index (χ4v) is 2.69. The number of halogens is 1. The molecule has 3 rings (SSSR count). The minimum atomic E-state index is -1.01. The number of hydrogen-bond acceptors (Lipinski definition) is 1. The van der Waals surface area contributed by atoms with Crippen molar-refractivity contribution in [2.45, 2.75) is 25.3 Å². The number of H-pyrrole nitrogens is 1. The number of aromatic nitrogens is 1. The Morgan fingerprint density at radius 2 is 2.33 bits per heavy atom. The second-order valence-corrected chi connectivity index (χ2v) is 4.66. The van der Waals surface area contributed by atoms with E-state index in [1.807, 2.05) is 0 Å². The van der Waals surface area contributed by atoms with Crippen LogP contribution in [0.5, 0.6) is 0 Å².